The van der Waals surface area contributed by atoms with Crippen LogP contribution in [0.3, 0.4) is 0 Å². The minimum absolute atomic E-state index is 0.145. The zero-order valence-corrected chi connectivity index (χ0v) is 19.1. The molecule has 0 radical (unpaired) electrons. The summed E-state index contributed by atoms with van der Waals surface area (Å²) in [4.78, 5) is 32.7. The first-order valence-electron chi connectivity index (χ1n) is 12.1. The summed E-state index contributed by atoms with van der Waals surface area (Å²) < 4.78 is 2.34. The number of amides is 1. The quantitative estimate of drug-likeness (QED) is 0.476. The van der Waals surface area contributed by atoms with Crippen molar-refractivity contribution in [1.29, 1.82) is 0 Å². The fourth-order valence-corrected chi connectivity index (χ4v) is 5.18. The lowest BCUT2D eigenvalue weighted by atomic mass is 10.2. The lowest BCUT2D eigenvalue weighted by Crippen LogP contribution is -2.46. The molecule has 1 amide bonds. The zero-order valence-electron chi connectivity index (χ0n) is 19.1. The molecule has 34 heavy (non-hydrogen) atoms. The van der Waals surface area contributed by atoms with Gasteiger partial charge in [0.1, 0.15) is 11.5 Å². The summed E-state index contributed by atoms with van der Waals surface area (Å²) in [6, 6.07) is 6.30. The van der Waals surface area contributed by atoms with Crippen molar-refractivity contribution in [2.24, 2.45) is 0 Å². The fraction of sp³-hybridized carbons (Fsp3) is 0.400. The smallest absolute Gasteiger partial charge is 0.230 e. The number of carbonyl (C=O) groups excluding carboxylic acids is 1. The first-order chi connectivity index (χ1) is 16.8. The maximum absolute atomic E-state index is 12.5. The molecule has 2 fully saturated rings. The molecule has 1 aliphatic heterocycles. The minimum atomic E-state index is 0.145. The number of fused-ring (bicyclic) bond motifs is 3. The first kappa shape index (κ1) is 21.0. The molecule has 1 aliphatic carbocycles. The second-order valence-corrected chi connectivity index (χ2v) is 9.12. The van der Waals surface area contributed by atoms with Gasteiger partial charge in [-0.05, 0) is 30.5 Å². The van der Waals surface area contributed by atoms with Gasteiger partial charge in [0.2, 0.25) is 11.9 Å². The van der Waals surface area contributed by atoms with Gasteiger partial charge in [0, 0.05) is 61.6 Å². The van der Waals surface area contributed by atoms with E-state index in [-0.39, 0.29) is 5.91 Å². The average molecular weight is 457 g/mol. The number of hydrogen-bond acceptors (Lipinski definition) is 7. The van der Waals surface area contributed by atoms with E-state index in [9.17, 15) is 4.79 Å². The lowest BCUT2D eigenvalue weighted by Gasteiger charge is -2.27. The highest BCUT2D eigenvalue weighted by molar-refractivity contribution is 6.06. The van der Waals surface area contributed by atoms with Crippen molar-refractivity contribution in [3.63, 3.8) is 0 Å². The molecule has 2 N–H and O–H groups in total. The van der Waals surface area contributed by atoms with Crippen LogP contribution in [0.4, 0.5) is 11.8 Å². The summed E-state index contributed by atoms with van der Waals surface area (Å²) in [5.41, 5.74) is 2.96. The highest BCUT2D eigenvalue weighted by atomic mass is 16.2. The van der Waals surface area contributed by atoms with E-state index >= 15 is 0 Å². The van der Waals surface area contributed by atoms with E-state index < -0.39 is 0 Å². The maximum Gasteiger partial charge on any atom is 0.230 e. The van der Waals surface area contributed by atoms with Crippen LogP contribution in [0.25, 0.3) is 21.9 Å². The molecule has 5 heterocycles. The van der Waals surface area contributed by atoms with Crippen molar-refractivity contribution in [2.75, 3.05) is 31.5 Å². The summed E-state index contributed by atoms with van der Waals surface area (Å²) in [6.45, 7) is 3.24. The minimum Gasteiger partial charge on any atom is -0.340 e. The van der Waals surface area contributed by atoms with Crippen molar-refractivity contribution < 1.29 is 4.79 Å². The third kappa shape index (κ3) is 3.96. The lowest BCUT2D eigenvalue weighted by molar-refractivity contribution is -0.131. The van der Waals surface area contributed by atoms with Gasteiger partial charge in [-0.15, -0.1) is 0 Å². The molecular weight excluding hydrogens is 428 g/mol. The Morgan fingerprint density at radius 2 is 1.88 bits per heavy atom. The third-order valence-electron chi connectivity index (χ3n) is 6.93. The molecule has 0 unspecified atom stereocenters. The number of carbonyl (C=O) groups is 1. The van der Waals surface area contributed by atoms with Gasteiger partial charge < -0.3 is 20.1 Å². The second-order valence-electron chi connectivity index (χ2n) is 9.12. The maximum atomic E-state index is 12.5. The first-order valence-corrected chi connectivity index (χ1v) is 12.1. The van der Waals surface area contributed by atoms with Crippen LogP contribution in [0.5, 0.6) is 0 Å². The van der Waals surface area contributed by atoms with Gasteiger partial charge in [-0.25, -0.2) is 9.97 Å². The van der Waals surface area contributed by atoms with E-state index in [1.807, 2.05) is 41.7 Å². The SMILES string of the molecule is O=C(Cc1ccc(Nc2ncc3c4ccncc4n(C4CCCC4)c3n2)nc1)N1CCNCC1. The van der Waals surface area contributed by atoms with Crippen molar-refractivity contribution in [2.45, 2.75) is 38.1 Å². The molecule has 0 atom stereocenters. The van der Waals surface area contributed by atoms with E-state index in [1.54, 1.807) is 6.20 Å². The normalized spacial score (nSPS) is 17.0. The summed E-state index contributed by atoms with van der Waals surface area (Å²) in [6.07, 6.45) is 12.6. The number of pyridine rings is 2. The van der Waals surface area contributed by atoms with Crippen molar-refractivity contribution >= 4 is 39.6 Å². The van der Waals surface area contributed by atoms with Crippen LogP contribution in [0.2, 0.25) is 0 Å². The molecule has 1 saturated carbocycles. The Bertz CT molecular complexity index is 1320. The van der Waals surface area contributed by atoms with Gasteiger partial charge in [-0.1, -0.05) is 18.9 Å². The number of aromatic nitrogens is 5. The van der Waals surface area contributed by atoms with Crippen LogP contribution < -0.4 is 10.6 Å². The molecule has 0 aromatic carbocycles. The number of hydrogen-bond donors (Lipinski definition) is 2. The molecule has 2 aliphatic rings. The molecule has 9 nitrogen and oxygen atoms in total. The van der Waals surface area contributed by atoms with Gasteiger partial charge in [0.05, 0.1) is 18.1 Å². The van der Waals surface area contributed by atoms with Crippen LogP contribution in [-0.4, -0.2) is 61.5 Å². The second kappa shape index (κ2) is 8.98. The molecule has 0 spiro atoms. The van der Waals surface area contributed by atoms with E-state index in [4.69, 9.17) is 4.98 Å². The van der Waals surface area contributed by atoms with E-state index in [0.717, 1.165) is 66.5 Å². The Hall–Kier alpha value is -3.59. The standard InChI is InChI=1S/C25H28N8O/c34-23(32-11-9-26-10-12-32)13-17-5-6-22(28-14-17)30-25-29-15-20-19-7-8-27-16-21(19)33(24(20)31-25)18-3-1-2-4-18/h5-8,14-16,18,26H,1-4,9-13H2,(H,28,29,30,31). The van der Waals surface area contributed by atoms with Gasteiger partial charge in [-0.3, -0.25) is 9.78 Å². The van der Waals surface area contributed by atoms with Gasteiger partial charge in [0.25, 0.3) is 0 Å². The van der Waals surface area contributed by atoms with E-state index in [1.165, 1.54) is 12.8 Å². The number of rotatable bonds is 5. The summed E-state index contributed by atoms with van der Waals surface area (Å²) >= 11 is 0. The molecule has 4 aromatic rings. The van der Waals surface area contributed by atoms with Crippen LogP contribution in [0.1, 0.15) is 37.3 Å². The Kier molecular flexibility index (Phi) is 5.54. The predicted octanol–water partition coefficient (Wildman–Crippen LogP) is 3.21. The summed E-state index contributed by atoms with van der Waals surface area (Å²) in [5.74, 6) is 1.31. The Morgan fingerprint density at radius 1 is 1.03 bits per heavy atom. The Labute approximate surface area is 197 Å². The van der Waals surface area contributed by atoms with Gasteiger partial charge in [0.15, 0.2) is 0 Å². The van der Waals surface area contributed by atoms with Crippen LogP contribution in [-0.2, 0) is 11.2 Å². The average Bonchev–Trinajstić information content (AvgIpc) is 3.51. The van der Waals surface area contributed by atoms with Gasteiger partial charge >= 0.3 is 0 Å². The fourth-order valence-electron chi connectivity index (χ4n) is 5.18. The highest BCUT2D eigenvalue weighted by Gasteiger charge is 2.23. The monoisotopic (exact) mass is 456 g/mol. The van der Waals surface area contributed by atoms with Crippen LogP contribution in [0, 0.1) is 0 Å². The highest BCUT2D eigenvalue weighted by Crippen LogP contribution is 2.37. The third-order valence-corrected chi connectivity index (χ3v) is 6.93. The number of anilines is 2. The molecule has 4 aromatic heterocycles. The van der Waals surface area contributed by atoms with Gasteiger partial charge in [-0.2, -0.15) is 4.98 Å². The van der Waals surface area contributed by atoms with E-state index in [2.05, 4.69) is 30.2 Å². The van der Waals surface area contributed by atoms with Crippen molar-refractivity contribution in [1.82, 2.24) is 34.7 Å². The number of nitrogens with one attached hydrogen (secondary N) is 2. The largest absolute Gasteiger partial charge is 0.340 e. The molecule has 1 saturated heterocycles. The molecule has 6 rings (SSSR count). The van der Waals surface area contributed by atoms with E-state index in [0.29, 0.717) is 24.2 Å². The van der Waals surface area contributed by atoms with Crippen molar-refractivity contribution in [3.05, 3.63) is 48.5 Å². The molecule has 9 heteroatoms. The number of nitrogens with zero attached hydrogens (tertiary/aromatic N) is 6. The zero-order chi connectivity index (χ0) is 22.9. The predicted molar refractivity (Wildman–Crippen MR) is 131 cm³/mol. The summed E-state index contributed by atoms with van der Waals surface area (Å²) in [7, 11) is 0. The Morgan fingerprint density at radius 3 is 2.68 bits per heavy atom. The molecule has 0 bridgehead atoms. The summed E-state index contributed by atoms with van der Waals surface area (Å²) in [5, 5.41) is 8.69. The number of piperazine rings is 1. The topological polar surface area (TPSA) is 101 Å². The van der Waals surface area contributed by atoms with Crippen LogP contribution in [0.15, 0.2) is 43.0 Å². The Balaban J connectivity index is 1.24. The van der Waals surface area contributed by atoms with Crippen molar-refractivity contribution in [3.8, 4) is 0 Å². The molecule has 174 valence electrons. The molecular formula is C25H28N8O. The van der Waals surface area contributed by atoms with Crippen LogP contribution >= 0.6 is 0 Å².